The first-order valence-corrected chi connectivity index (χ1v) is 17.9. The van der Waals surface area contributed by atoms with Gasteiger partial charge in [-0.3, -0.25) is 0 Å². The van der Waals surface area contributed by atoms with E-state index in [2.05, 4.69) is 182 Å². The normalized spacial score (nSPS) is 13.6. The van der Waals surface area contributed by atoms with Crippen LogP contribution in [0.25, 0.3) is 87.2 Å². The molecule has 234 valence electrons. The molecule has 0 heteroatoms. The standard InChI is InChI=1S/C51H30/c1-2-14-32-29-48-45(27-31(32)13-1)50-42-22-8-7-19-38(42)43(30-49(50)51(48)46-23-11-9-20-40(46)41-21-10-12-24-47(41)51)33-25-26-39-36-17-4-3-15-34(36)35-16-5-6-18-37(35)44(39)28-33/h1-30H. The van der Waals surface area contributed by atoms with Gasteiger partial charge in [-0.15, -0.1) is 0 Å². The predicted octanol–water partition coefficient (Wildman–Crippen LogP) is 13.5. The lowest BCUT2D eigenvalue weighted by atomic mass is 9.69. The van der Waals surface area contributed by atoms with Gasteiger partial charge in [-0.05, 0) is 134 Å². The SMILES string of the molecule is c1ccc2c(c1)-c1ccccc1C21c2cc3ccccc3cc2-c2c1cc(-c1ccc3c4ccccc4c4ccccc4c3c1)c1ccccc21. The molecule has 2 aliphatic carbocycles. The van der Waals surface area contributed by atoms with Gasteiger partial charge >= 0.3 is 0 Å². The van der Waals surface area contributed by atoms with Gasteiger partial charge in [-0.2, -0.15) is 0 Å². The van der Waals surface area contributed by atoms with Crippen molar-refractivity contribution in [3.8, 4) is 33.4 Å². The second kappa shape index (κ2) is 9.81. The average Bonchev–Trinajstić information content (AvgIpc) is 3.66. The molecule has 0 aromatic heterocycles. The minimum atomic E-state index is -0.430. The minimum Gasteiger partial charge on any atom is -0.0619 e. The number of benzene rings is 10. The van der Waals surface area contributed by atoms with Crippen molar-refractivity contribution in [2.75, 3.05) is 0 Å². The van der Waals surface area contributed by atoms with Gasteiger partial charge in [0.25, 0.3) is 0 Å². The van der Waals surface area contributed by atoms with Gasteiger partial charge in [0.1, 0.15) is 0 Å². The molecule has 0 N–H and O–H groups in total. The van der Waals surface area contributed by atoms with Crippen LogP contribution in [0.4, 0.5) is 0 Å². The van der Waals surface area contributed by atoms with Crippen LogP contribution in [0.5, 0.6) is 0 Å². The van der Waals surface area contributed by atoms with Crippen molar-refractivity contribution in [2.24, 2.45) is 0 Å². The summed E-state index contributed by atoms with van der Waals surface area (Å²) in [5.41, 5.74) is 13.0. The maximum absolute atomic E-state index is 2.56. The molecule has 0 heterocycles. The molecule has 2 aliphatic rings. The molecular weight excluding hydrogens is 613 g/mol. The summed E-state index contributed by atoms with van der Waals surface area (Å²) in [7, 11) is 0. The third-order valence-electron chi connectivity index (χ3n) is 12.0. The first-order chi connectivity index (χ1) is 25.3. The number of rotatable bonds is 1. The molecule has 0 bridgehead atoms. The van der Waals surface area contributed by atoms with Crippen molar-refractivity contribution in [1.82, 2.24) is 0 Å². The molecule has 1 spiro atoms. The van der Waals surface area contributed by atoms with Crippen LogP contribution in [0.15, 0.2) is 182 Å². The van der Waals surface area contributed by atoms with Crippen LogP contribution in [0.2, 0.25) is 0 Å². The van der Waals surface area contributed by atoms with Crippen LogP contribution >= 0.6 is 0 Å². The molecule has 0 amide bonds. The van der Waals surface area contributed by atoms with E-state index in [-0.39, 0.29) is 0 Å². The summed E-state index contributed by atoms with van der Waals surface area (Å²) in [6.07, 6.45) is 0. The Kier molecular flexibility index (Phi) is 5.26. The van der Waals surface area contributed by atoms with Gasteiger partial charge in [0.2, 0.25) is 0 Å². The van der Waals surface area contributed by atoms with E-state index in [1.807, 2.05) is 0 Å². The molecule has 12 rings (SSSR count). The van der Waals surface area contributed by atoms with Crippen molar-refractivity contribution in [3.05, 3.63) is 204 Å². The van der Waals surface area contributed by atoms with Gasteiger partial charge in [-0.1, -0.05) is 158 Å². The zero-order valence-electron chi connectivity index (χ0n) is 27.8. The number of hydrogen-bond acceptors (Lipinski definition) is 0. The van der Waals surface area contributed by atoms with Gasteiger partial charge in [0.15, 0.2) is 0 Å². The molecule has 0 unspecified atom stereocenters. The topological polar surface area (TPSA) is 0 Å². The van der Waals surface area contributed by atoms with E-state index in [1.165, 1.54) is 109 Å². The van der Waals surface area contributed by atoms with E-state index in [0.717, 1.165) is 0 Å². The van der Waals surface area contributed by atoms with Crippen LogP contribution in [-0.4, -0.2) is 0 Å². The summed E-state index contributed by atoms with van der Waals surface area (Å²) in [6.45, 7) is 0. The van der Waals surface area contributed by atoms with E-state index < -0.39 is 5.41 Å². The molecule has 51 heavy (non-hydrogen) atoms. The largest absolute Gasteiger partial charge is 0.0726 e. The summed E-state index contributed by atoms with van der Waals surface area (Å²) >= 11 is 0. The Morgan fingerprint density at radius 1 is 0.255 bits per heavy atom. The fourth-order valence-corrected chi connectivity index (χ4v) is 9.99. The molecule has 0 radical (unpaired) electrons. The fourth-order valence-electron chi connectivity index (χ4n) is 9.99. The highest BCUT2D eigenvalue weighted by atomic mass is 14.5. The highest BCUT2D eigenvalue weighted by Gasteiger charge is 2.52. The van der Waals surface area contributed by atoms with Crippen LogP contribution in [-0.2, 0) is 5.41 Å². The lowest BCUT2D eigenvalue weighted by Crippen LogP contribution is -2.26. The van der Waals surface area contributed by atoms with Gasteiger partial charge < -0.3 is 0 Å². The fraction of sp³-hybridized carbons (Fsp3) is 0.0196. The van der Waals surface area contributed by atoms with Crippen molar-refractivity contribution >= 4 is 53.9 Å². The Labute approximate surface area is 295 Å². The Bertz CT molecular complexity index is 3060. The van der Waals surface area contributed by atoms with E-state index in [9.17, 15) is 0 Å². The first kappa shape index (κ1) is 27.3. The van der Waals surface area contributed by atoms with E-state index >= 15 is 0 Å². The summed E-state index contributed by atoms with van der Waals surface area (Å²) < 4.78 is 0. The van der Waals surface area contributed by atoms with E-state index in [1.54, 1.807) is 0 Å². The molecule has 10 aromatic carbocycles. The third kappa shape index (κ3) is 3.40. The molecular formula is C51H30. The van der Waals surface area contributed by atoms with Crippen LogP contribution in [0.3, 0.4) is 0 Å². The lowest BCUT2D eigenvalue weighted by Gasteiger charge is -2.31. The quantitative estimate of drug-likeness (QED) is 0.156. The molecule has 0 saturated heterocycles. The Hall–Kier alpha value is -6.50. The number of fused-ring (bicyclic) bond motifs is 19. The van der Waals surface area contributed by atoms with E-state index in [4.69, 9.17) is 0 Å². The smallest absolute Gasteiger partial charge is 0.0619 e. The zero-order valence-corrected chi connectivity index (χ0v) is 27.8. The highest BCUT2D eigenvalue weighted by Crippen LogP contribution is 2.65. The van der Waals surface area contributed by atoms with Gasteiger partial charge in [-0.25, -0.2) is 0 Å². The van der Waals surface area contributed by atoms with Crippen molar-refractivity contribution in [3.63, 3.8) is 0 Å². The van der Waals surface area contributed by atoms with Crippen molar-refractivity contribution in [2.45, 2.75) is 5.41 Å². The lowest BCUT2D eigenvalue weighted by molar-refractivity contribution is 0.796. The second-order valence-electron chi connectivity index (χ2n) is 14.3. The summed E-state index contributed by atoms with van der Waals surface area (Å²) in [5.74, 6) is 0. The van der Waals surface area contributed by atoms with Crippen molar-refractivity contribution in [1.29, 1.82) is 0 Å². The Balaban J connectivity index is 1.25. The molecule has 0 saturated carbocycles. The second-order valence-corrected chi connectivity index (χ2v) is 14.3. The Morgan fingerprint density at radius 2 is 0.745 bits per heavy atom. The maximum atomic E-state index is 2.56. The maximum Gasteiger partial charge on any atom is 0.0726 e. The first-order valence-electron chi connectivity index (χ1n) is 17.9. The summed E-state index contributed by atoms with van der Waals surface area (Å²) in [6, 6.07) is 68.6. The number of hydrogen-bond donors (Lipinski definition) is 0. The highest BCUT2D eigenvalue weighted by molar-refractivity contribution is 6.26. The predicted molar refractivity (Wildman–Crippen MR) is 216 cm³/mol. The average molecular weight is 643 g/mol. The van der Waals surface area contributed by atoms with Gasteiger partial charge in [0, 0.05) is 0 Å². The minimum absolute atomic E-state index is 0.430. The molecule has 0 fully saturated rings. The molecule has 0 aliphatic heterocycles. The van der Waals surface area contributed by atoms with Gasteiger partial charge in [0.05, 0.1) is 5.41 Å². The van der Waals surface area contributed by atoms with E-state index in [0.29, 0.717) is 0 Å². The molecule has 10 aromatic rings. The summed E-state index contributed by atoms with van der Waals surface area (Å²) in [4.78, 5) is 0. The van der Waals surface area contributed by atoms with Crippen LogP contribution < -0.4 is 0 Å². The van der Waals surface area contributed by atoms with Crippen LogP contribution in [0.1, 0.15) is 22.3 Å². The summed E-state index contributed by atoms with van der Waals surface area (Å²) in [5, 5.41) is 13.0. The van der Waals surface area contributed by atoms with Crippen molar-refractivity contribution < 1.29 is 0 Å². The monoisotopic (exact) mass is 642 g/mol. The third-order valence-corrected chi connectivity index (χ3v) is 12.0. The zero-order chi connectivity index (χ0) is 33.3. The Morgan fingerprint density at radius 3 is 1.39 bits per heavy atom. The molecule has 0 atom stereocenters. The van der Waals surface area contributed by atoms with Crippen LogP contribution in [0, 0.1) is 0 Å². The molecule has 0 nitrogen and oxygen atoms in total.